The van der Waals surface area contributed by atoms with Crippen LogP contribution in [-0.2, 0) is 13.2 Å². The Hall–Kier alpha value is -2.07. The lowest BCUT2D eigenvalue weighted by Gasteiger charge is -2.10. The van der Waals surface area contributed by atoms with Crippen LogP contribution >= 0.6 is 0 Å². The molecular weight excluding hydrogens is 247 g/mol. The molecule has 2 aromatic carbocycles. The van der Waals surface area contributed by atoms with E-state index < -0.39 is 0 Å². The summed E-state index contributed by atoms with van der Waals surface area (Å²) in [5.41, 5.74) is 1.50. The molecule has 0 aliphatic rings. The highest BCUT2D eigenvalue weighted by Gasteiger charge is 2.05. The van der Waals surface area contributed by atoms with Crippen molar-refractivity contribution in [1.29, 1.82) is 0 Å². The van der Waals surface area contributed by atoms with Gasteiger partial charge in [0.1, 0.15) is 23.9 Å². The van der Waals surface area contributed by atoms with Gasteiger partial charge in [-0.1, -0.05) is 18.2 Å². The Kier molecular flexibility index (Phi) is 4.36. The van der Waals surface area contributed by atoms with Crippen LogP contribution in [0, 0.1) is 5.82 Å². The molecule has 0 amide bonds. The van der Waals surface area contributed by atoms with E-state index in [-0.39, 0.29) is 12.4 Å². The minimum atomic E-state index is -0.387. The Morgan fingerprint density at radius 3 is 2.47 bits per heavy atom. The first-order valence-corrected chi connectivity index (χ1v) is 5.88. The first-order valence-electron chi connectivity index (χ1n) is 5.88. The molecule has 3 nitrogen and oxygen atoms in total. The normalized spacial score (nSPS) is 10.3. The van der Waals surface area contributed by atoms with Crippen LogP contribution in [0.3, 0.4) is 0 Å². The smallest absolute Gasteiger partial charge is 0.128 e. The van der Waals surface area contributed by atoms with Crippen LogP contribution in [0.25, 0.3) is 0 Å². The zero-order valence-corrected chi connectivity index (χ0v) is 10.6. The molecule has 0 saturated heterocycles. The molecule has 0 heterocycles. The van der Waals surface area contributed by atoms with Gasteiger partial charge < -0.3 is 14.6 Å². The van der Waals surface area contributed by atoms with Gasteiger partial charge in [-0.3, -0.25) is 0 Å². The third-order valence-electron chi connectivity index (χ3n) is 2.75. The highest BCUT2D eigenvalue weighted by Crippen LogP contribution is 2.21. The summed E-state index contributed by atoms with van der Waals surface area (Å²) in [7, 11) is 1.60. The second kappa shape index (κ2) is 6.20. The van der Waals surface area contributed by atoms with Gasteiger partial charge in [0.2, 0.25) is 0 Å². The molecule has 19 heavy (non-hydrogen) atoms. The third kappa shape index (κ3) is 3.45. The summed E-state index contributed by atoms with van der Waals surface area (Å²) in [5.74, 6) is 0.741. The van der Waals surface area contributed by atoms with Gasteiger partial charge in [-0.15, -0.1) is 0 Å². The first kappa shape index (κ1) is 13.4. The highest BCUT2D eigenvalue weighted by atomic mass is 19.1. The molecule has 2 aromatic rings. The average molecular weight is 262 g/mol. The summed E-state index contributed by atoms with van der Waals surface area (Å²) in [6.07, 6.45) is 0. The standard InChI is InChI=1S/C15H15FO3/c1-18-14-6-2-11(3-7-14)10-19-15-8-13(16)5-4-12(15)9-17/h2-8,17H,9-10H2,1H3. The van der Waals surface area contributed by atoms with Crippen LogP contribution in [0.4, 0.5) is 4.39 Å². The number of hydrogen-bond acceptors (Lipinski definition) is 3. The fourth-order valence-electron chi connectivity index (χ4n) is 1.68. The Morgan fingerprint density at radius 2 is 1.84 bits per heavy atom. The molecule has 1 N–H and O–H groups in total. The molecule has 0 fully saturated rings. The van der Waals surface area contributed by atoms with E-state index in [1.165, 1.54) is 18.2 Å². The van der Waals surface area contributed by atoms with E-state index in [1.54, 1.807) is 7.11 Å². The number of aliphatic hydroxyl groups is 1. The Balaban J connectivity index is 2.07. The Labute approximate surface area is 111 Å². The van der Waals surface area contributed by atoms with Gasteiger partial charge in [0, 0.05) is 11.6 Å². The number of ether oxygens (including phenoxy) is 2. The summed E-state index contributed by atoms with van der Waals surface area (Å²) < 4.78 is 23.7. The molecule has 0 spiro atoms. The number of benzene rings is 2. The fraction of sp³-hybridized carbons (Fsp3) is 0.200. The zero-order chi connectivity index (χ0) is 13.7. The van der Waals surface area contributed by atoms with Crippen molar-refractivity contribution in [2.75, 3.05) is 7.11 Å². The summed E-state index contributed by atoms with van der Waals surface area (Å²) in [6.45, 7) is 0.124. The lowest BCUT2D eigenvalue weighted by atomic mass is 10.2. The maximum Gasteiger partial charge on any atom is 0.128 e. The zero-order valence-electron chi connectivity index (χ0n) is 10.6. The van der Waals surface area contributed by atoms with Gasteiger partial charge in [0.05, 0.1) is 13.7 Å². The quantitative estimate of drug-likeness (QED) is 0.900. The predicted octanol–water partition coefficient (Wildman–Crippen LogP) is 2.91. The Bertz CT molecular complexity index is 538. The minimum Gasteiger partial charge on any atom is -0.497 e. The van der Waals surface area contributed by atoms with Crippen LogP contribution in [0.5, 0.6) is 11.5 Å². The van der Waals surface area contributed by atoms with Crippen LogP contribution < -0.4 is 9.47 Å². The van der Waals surface area contributed by atoms with E-state index in [4.69, 9.17) is 14.6 Å². The van der Waals surface area contributed by atoms with Crippen molar-refractivity contribution in [3.05, 3.63) is 59.4 Å². The summed E-state index contributed by atoms with van der Waals surface area (Å²) in [4.78, 5) is 0. The molecule has 0 saturated carbocycles. The van der Waals surface area contributed by atoms with Crippen molar-refractivity contribution in [2.24, 2.45) is 0 Å². The van der Waals surface area contributed by atoms with Crippen molar-refractivity contribution in [3.63, 3.8) is 0 Å². The highest BCUT2D eigenvalue weighted by molar-refractivity contribution is 5.34. The molecule has 0 radical (unpaired) electrons. The maximum atomic E-state index is 13.1. The molecule has 0 bridgehead atoms. The fourth-order valence-corrected chi connectivity index (χ4v) is 1.68. The molecule has 0 atom stereocenters. The van der Waals surface area contributed by atoms with E-state index in [0.717, 1.165) is 11.3 Å². The van der Waals surface area contributed by atoms with Crippen LogP contribution in [0.2, 0.25) is 0 Å². The Morgan fingerprint density at radius 1 is 1.11 bits per heavy atom. The van der Waals surface area contributed by atoms with Crippen molar-refractivity contribution < 1.29 is 19.0 Å². The molecule has 0 aliphatic heterocycles. The SMILES string of the molecule is COc1ccc(COc2cc(F)ccc2CO)cc1. The van der Waals surface area contributed by atoms with Crippen LogP contribution in [0.1, 0.15) is 11.1 Å². The van der Waals surface area contributed by atoms with Crippen molar-refractivity contribution >= 4 is 0 Å². The van der Waals surface area contributed by atoms with E-state index in [0.29, 0.717) is 17.9 Å². The number of rotatable bonds is 5. The van der Waals surface area contributed by atoms with Gasteiger partial charge in [-0.25, -0.2) is 4.39 Å². The molecule has 100 valence electrons. The second-order valence-corrected chi connectivity index (χ2v) is 4.05. The van der Waals surface area contributed by atoms with Gasteiger partial charge in [0.15, 0.2) is 0 Å². The summed E-state index contributed by atoms with van der Waals surface area (Å²) >= 11 is 0. The van der Waals surface area contributed by atoms with Gasteiger partial charge in [-0.2, -0.15) is 0 Å². The molecule has 0 unspecified atom stereocenters. The van der Waals surface area contributed by atoms with E-state index in [1.807, 2.05) is 24.3 Å². The monoisotopic (exact) mass is 262 g/mol. The number of hydrogen-bond donors (Lipinski definition) is 1. The van der Waals surface area contributed by atoms with Gasteiger partial charge in [-0.05, 0) is 23.8 Å². The predicted molar refractivity (Wildman–Crippen MR) is 69.6 cm³/mol. The molecule has 2 rings (SSSR count). The largest absolute Gasteiger partial charge is 0.497 e. The lowest BCUT2D eigenvalue weighted by molar-refractivity contribution is 0.258. The van der Waals surface area contributed by atoms with Crippen LogP contribution in [-0.4, -0.2) is 12.2 Å². The van der Waals surface area contributed by atoms with Crippen LogP contribution in [0.15, 0.2) is 42.5 Å². The number of methoxy groups -OCH3 is 1. The molecule has 0 aliphatic carbocycles. The number of aliphatic hydroxyl groups excluding tert-OH is 1. The molecule has 0 aromatic heterocycles. The molecule has 4 heteroatoms. The topological polar surface area (TPSA) is 38.7 Å². The van der Waals surface area contributed by atoms with E-state index in [9.17, 15) is 4.39 Å². The second-order valence-electron chi connectivity index (χ2n) is 4.05. The van der Waals surface area contributed by atoms with Crippen molar-refractivity contribution in [1.82, 2.24) is 0 Å². The van der Waals surface area contributed by atoms with Crippen molar-refractivity contribution in [2.45, 2.75) is 13.2 Å². The average Bonchev–Trinajstić information content (AvgIpc) is 2.46. The lowest BCUT2D eigenvalue weighted by Crippen LogP contribution is -1.99. The first-order chi connectivity index (χ1) is 9.22. The van der Waals surface area contributed by atoms with Gasteiger partial charge in [0.25, 0.3) is 0 Å². The third-order valence-corrected chi connectivity index (χ3v) is 2.75. The summed E-state index contributed by atoms with van der Waals surface area (Å²) in [5, 5.41) is 9.16. The maximum absolute atomic E-state index is 13.1. The van der Waals surface area contributed by atoms with E-state index >= 15 is 0 Å². The van der Waals surface area contributed by atoms with Gasteiger partial charge >= 0.3 is 0 Å². The number of halogens is 1. The van der Waals surface area contributed by atoms with E-state index in [2.05, 4.69) is 0 Å². The summed E-state index contributed by atoms with van der Waals surface area (Å²) in [6, 6.07) is 11.5. The minimum absolute atomic E-state index is 0.182. The van der Waals surface area contributed by atoms with Crippen molar-refractivity contribution in [3.8, 4) is 11.5 Å². The molecular formula is C15H15FO3.